The number of halogens is 1. The molecule has 0 unspecified atom stereocenters. The third-order valence-electron chi connectivity index (χ3n) is 3.01. The van der Waals surface area contributed by atoms with Gasteiger partial charge in [0.2, 0.25) is 0 Å². The highest BCUT2D eigenvalue weighted by atomic mass is 35.5. The number of carbonyl (C=O) groups excluding carboxylic acids is 1. The Kier molecular flexibility index (Phi) is 4.33. The number of nitrogens with zero attached hydrogens (tertiary/aromatic N) is 2. The first-order chi connectivity index (χ1) is 10.7. The summed E-state index contributed by atoms with van der Waals surface area (Å²) in [6.45, 7) is 0. The van der Waals surface area contributed by atoms with E-state index in [9.17, 15) is 17.8 Å². The van der Waals surface area contributed by atoms with Crippen LogP contribution < -0.4 is 5.73 Å². The summed E-state index contributed by atoms with van der Waals surface area (Å²) in [4.78, 5) is 11.3. The van der Waals surface area contributed by atoms with Crippen LogP contribution in [0.5, 0.6) is 0 Å². The van der Waals surface area contributed by atoms with Gasteiger partial charge in [0.15, 0.2) is 5.69 Å². The monoisotopic (exact) mass is 355 g/mol. The zero-order chi connectivity index (χ0) is 17.4. The van der Waals surface area contributed by atoms with Gasteiger partial charge in [-0.15, -0.1) is 0 Å². The van der Waals surface area contributed by atoms with E-state index in [0.29, 0.717) is 0 Å². The lowest BCUT2D eigenvalue weighted by molar-refractivity contribution is 0.0593. The van der Waals surface area contributed by atoms with Crippen LogP contribution in [0, 0.1) is 11.3 Å². The number of anilines is 1. The Balaban J connectivity index is 2.78. The quantitative estimate of drug-likeness (QED) is 0.630. The van der Waals surface area contributed by atoms with E-state index in [4.69, 9.17) is 22.6 Å². The maximum absolute atomic E-state index is 11.9. The third kappa shape index (κ3) is 3.00. The van der Waals surface area contributed by atoms with Gasteiger partial charge in [-0.3, -0.25) is 4.55 Å². The normalized spacial score (nSPS) is 11.0. The molecule has 0 radical (unpaired) electrons. The lowest BCUT2D eigenvalue weighted by Gasteiger charge is -2.10. The van der Waals surface area contributed by atoms with Gasteiger partial charge in [0.05, 0.1) is 23.4 Å². The molecule has 2 aromatic rings. The van der Waals surface area contributed by atoms with Crippen molar-refractivity contribution in [2.45, 2.75) is 4.90 Å². The summed E-state index contributed by atoms with van der Waals surface area (Å²) in [6.07, 6.45) is 1.25. The molecule has 1 heterocycles. The second kappa shape index (κ2) is 5.92. The van der Waals surface area contributed by atoms with Gasteiger partial charge in [0, 0.05) is 11.9 Å². The number of carbonyl (C=O) groups is 1. The molecule has 0 amide bonds. The molecule has 8 nitrogen and oxygen atoms in total. The molecule has 0 saturated carbocycles. The second-order valence-electron chi connectivity index (χ2n) is 4.37. The average molecular weight is 356 g/mol. The molecule has 0 saturated heterocycles. The molecular formula is C13H10ClN3O5S. The number of hydrogen-bond donors (Lipinski definition) is 2. The number of hydrogen-bond acceptors (Lipinski definition) is 6. The fourth-order valence-electron chi connectivity index (χ4n) is 1.96. The minimum atomic E-state index is -4.57. The van der Waals surface area contributed by atoms with Gasteiger partial charge in [-0.1, -0.05) is 11.6 Å². The van der Waals surface area contributed by atoms with E-state index >= 15 is 0 Å². The van der Waals surface area contributed by atoms with E-state index in [-0.39, 0.29) is 27.7 Å². The van der Waals surface area contributed by atoms with E-state index in [2.05, 4.69) is 4.74 Å². The van der Waals surface area contributed by atoms with Crippen LogP contribution >= 0.6 is 11.6 Å². The van der Waals surface area contributed by atoms with Crippen molar-refractivity contribution in [3.8, 4) is 11.8 Å². The summed E-state index contributed by atoms with van der Waals surface area (Å²) in [6, 6.07) is 5.48. The Morgan fingerprint density at radius 2 is 2.13 bits per heavy atom. The summed E-state index contributed by atoms with van der Waals surface area (Å²) in [7, 11) is -3.43. The molecule has 3 N–H and O–H groups in total. The van der Waals surface area contributed by atoms with Crippen LogP contribution in [0.2, 0.25) is 5.02 Å². The number of ether oxygens (including phenoxy) is 1. The molecule has 0 bridgehead atoms. The van der Waals surface area contributed by atoms with Crippen LogP contribution in [0.3, 0.4) is 0 Å². The lowest BCUT2D eigenvalue weighted by Crippen LogP contribution is -2.11. The number of aromatic nitrogens is 1. The second-order valence-corrected chi connectivity index (χ2v) is 6.17. The molecular weight excluding hydrogens is 346 g/mol. The molecule has 0 fully saturated rings. The summed E-state index contributed by atoms with van der Waals surface area (Å²) in [5.74, 6) is -0.813. The SMILES string of the molecule is COC(=O)c1c(N)c(C#N)cn1-c1ccc(Cl)c(S(=O)(=O)O)c1. The average Bonchev–Trinajstić information content (AvgIpc) is 2.82. The fraction of sp³-hybridized carbons (Fsp3) is 0.0769. The predicted octanol–water partition coefficient (Wildman–Crippen LogP) is 1.62. The van der Waals surface area contributed by atoms with Gasteiger partial charge in [0.25, 0.3) is 10.1 Å². The molecule has 0 spiro atoms. The maximum atomic E-state index is 11.9. The smallest absolute Gasteiger partial charge is 0.357 e. The summed E-state index contributed by atoms with van der Waals surface area (Å²) in [5.41, 5.74) is 5.65. The molecule has 0 atom stereocenters. The van der Waals surface area contributed by atoms with Crippen molar-refractivity contribution >= 4 is 33.4 Å². The van der Waals surface area contributed by atoms with Crippen molar-refractivity contribution in [2.24, 2.45) is 0 Å². The highest BCUT2D eigenvalue weighted by Crippen LogP contribution is 2.28. The Morgan fingerprint density at radius 1 is 1.48 bits per heavy atom. The van der Waals surface area contributed by atoms with Crippen LogP contribution in [-0.2, 0) is 14.9 Å². The van der Waals surface area contributed by atoms with E-state index in [0.717, 1.165) is 13.2 Å². The van der Waals surface area contributed by atoms with Crippen LogP contribution in [0.4, 0.5) is 5.69 Å². The van der Waals surface area contributed by atoms with Crippen LogP contribution in [0.1, 0.15) is 16.1 Å². The largest absolute Gasteiger partial charge is 0.464 e. The molecule has 0 aliphatic carbocycles. The third-order valence-corrected chi connectivity index (χ3v) is 4.35. The highest BCUT2D eigenvalue weighted by molar-refractivity contribution is 7.86. The van der Waals surface area contributed by atoms with Crippen molar-refractivity contribution in [2.75, 3.05) is 12.8 Å². The number of esters is 1. The first kappa shape index (κ1) is 16.8. The van der Waals surface area contributed by atoms with E-state index in [1.807, 2.05) is 6.07 Å². The molecule has 1 aromatic heterocycles. The maximum Gasteiger partial charge on any atom is 0.357 e. The molecule has 2 rings (SSSR count). The van der Waals surface area contributed by atoms with Crippen LogP contribution in [0.15, 0.2) is 29.3 Å². The summed E-state index contributed by atoms with van der Waals surface area (Å²) >= 11 is 5.74. The number of nitrogens with two attached hydrogens (primary N) is 1. The number of rotatable bonds is 3. The van der Waals surface area contributed by atoms with Gasteiger partial charge >= 0.3 is 5.97 Å². The molecule has 1 aromatic carbocycles. The predicted molar refractivity (Wildman–Crippen MR) is 81.1 cm³/mol. The van der Waals surface area contributed by atoms with Crippen molar-refractivity contribution in [1.82, 2.24) is 4.57 Å². The van der Waals surface area contributed by atoms with Gasteiger partial charge in [-0.05, 0) is 18.2 Å². The minimum Gasteiger partial charge on any atom is -0.464 e. The Labute approximate surface area is 136 Å². The van der Waals surface area contributed by atoms with E-state index < -0.39 is 21.0 Å². The molecule has 10 heteroatoms. The first-order valence-corrected chi connectivity index (χ1v) is 7.79. The molecule has 23 heavy (non-hydrogen) atoms. The Bertz CT molecular complexity index is 943. The number of nitrogen functional groups attached to an aromatic ring is 1. The fourth-order valence-corrected chi connectivity index (χ4v) is 2.95. The van der Waals surface area contributed by atoms with Crippen molar-refractivity contribution < 1.29 is 22.5 Å². The standard InChI is InChI=1S/C13H10ClN3O5S/c1-22-13(18)12-11(16)7(5-15)6-17(12)8-2-3-9(14)10(4-8)23(19,20)21/h2-4,6H,16H2,1H3,(H,19,20,21). The van der Waals surface area contributed by atoms with Crippen molar-refractivity contribution in [3.05, 3.63) is 40.7 Å². The van der Waals surface area contributed by atoms with Crippen LogP contribution in [-0.4, -0.2) is 30.6 Å². The summed E-state index contributed by atoms with van der Waals surface area (Å²) < 4.78 is 37.6. The van der Waals surface area contributed by atoms with Crippen LogP contribution in [0.25, 0.3) is 5.69 Å². The van der Waals surface area contributed by atoms with Gasteiger partial charge in [-0.25, -0.2) is 4.79 Å². The molecule has 0 aliphatic heterocycles. The lowest BCUT2D eigenvalue weighted by atomic mass is 10.2. The molecule has 0 aliphatic rings. The Morgan fingerprint density at radius 3 is 2.65 bits per heavy atom. The van der Waals surface area contributed by atoms with Gasteiger partial charge in [0.1, 0.15) is 11.0 Å². The minimum absolute atomic E-state index is 0.00811. The topological polar surface area (TPSA) is 135 Å². The van der Waals surface area contributed by atoms with Gasteiger partial charge in [-0.2, -0.15) is 13.7 Å². The van der Waals surface area contributed by atoms with Crippen molar-refractivity contribution in [1.29, 1.82) is 5.26 Å². The van der Waals surface area contributed by atoms with E-state index in [1.54, 1.807) is 0 Å². The number of nitriles is 1. The van der Waals surface area contributed by atoms with E-state index in [1.165, 1.54) is 22.9 Å². The van der Waals surface area contributed by atoms with Crippen molar-refractivity contribution in [3.63, 3.8) is 0 Å². The zero-order valence-corrected chi connectivity index (χ0v) is 13.2. The number of benzene rings is 1. The zero-order valence-electron chi connectivity index (χ0n) is 11.6. The summed E-state index contributed by atoms with van der Waals surface area (Å²) in [5, 5.41) is 8.84. The first-order valence-electron chi connectivity index (χ1n) is 5.97. The van der Waals surface area contributed by atoms with Gasteiger partial charge < -0.3 is 15.0 Å². The molecule has 120 valence electrons. The highest BCUT2D eigenvalue weighted by Gasteiger charge is 2.23. The Hall–Kier alpha value is -2.54. The number of methoxy groups -OCH3 is 1.